The molecule has 0 aliphatic carbocycles. The van der Waals surface area contributed by atoms with Gasteiger partial charge in [-0.1, -0.05) is 6.07 Å². The van der Waals surface area contributed by atoms with Crippen LogP contribution in [-0.4, -0.2) is 28.5 Å². The molecule has 0 bridgehead atoms. The maximum atomic E-state index is 13.8. The molecular formula is C22H26F2N2O2. The third-order valence-electron chi connectivity index (χ3n) is 5.75. The Kier molecular flexibility index (Phi) is 5.96. The molecule has 4 nitrogen and oxygen atoms in total. The van der Waals surface area contributed by atoms with E-state index in [2.05, 4.69) is 0 Å². The van der Waals surface area contributed by atoms with E-state index in [1.165, 1.54) is 22.8 Å². The molecule has 1 saturated heterocycles. The predicted molar refractivity (Wildman–Crippen MR) is 104 cm³/mol. The number of rotatable bonds is 4. The molecule has 1 aliphatic heterocycles. The fraction of sp³-hybridized carbons (Fsp3) is 0.455. The second kappa shape index (κ2) is 8.25. The summed E-state index contributed by atoms with van der Waals surface area (Å²) >= 11 is 0. The fourth-order valence-electron chi connectivity index (χ4n) is 4.00. The monoisotopic (exact) mass is 388 g/mol. The number of likely N-dealkylation sites (tertiary alicyclic amines) is 1. The van der Waals surface area contributed by atoms with Crippen molar-refractivity contribution < 1.29 is 13.6 Å². The van der Waals surface area contributed by atoms with Gasteiger partial charge in [-0.2, -0.15) is 0 Å². The lowest BCUT2D eigenvalue weighted by atomic mass is 9.91. The molecule has 6 heteroatoms. The van der Waals surface area contributed by atoms with Crippen molar-refractivity contribution in [2.75, 3.05) is 13.1 Å². The first kappa shape index (κ1) is 20.2. The van der Waals surface area contributed by atoms with E-state index in [-0.39, 0.29) is 28.5 Å². The van der Waals surface area contributed by atoms with E-state index in [1.807, 2.05) is 13.0 Å². The average Bonchev–Trinajstić information content (AvgIpc) is 2.66. The molecule has 0 unspecified atom stereocenters. The fourth-order valence-corrected chi connectivity index (χ4v) is 4.00. The highest BCUT2D eigenvalue weighted by Crippen LogP contribution is 2.24. The van der Waals surface area contributed by atoms with Gasteiger partial charge in [0.25, 0.3) is 11.5 Å². The smallest absolute Gasteiger partial charge is 0.263 e. The lowest BCUT2D eigenvalue weighted by molar-refractivity contribution is 0.0664. The molecule has 150 valence electrons. The highest BCUT2D eigenvalue weighted by atomic mass is 19.1. The van der Waals surface area contributed by atoms with Crippen molar-refractivity contribution in [3.05, 3.63) is 68.6 Å². The summed E-state index contributed by atoms with van der Waals surface area (Å²) in [6.45, 7) is 4.72. The van der Waals surface area contributed by atoms with E-state index in [0.717, 1.165) is 18.5 Å². The highest BCUT2D eigenvalue weighted by Gasteiger charge is 2.28. The first-order valence-corrected chi connectivity index (χ1v) is 9.69. The zero-order chi connectivity index (χ0) is 20.4. The third-order valence-corrected chi connectivity index (χ3v) is 5.75. The number of hydrogen-bond donors (Lipinski definition) is 0. The SMILES string of the molecule is Cc1cc(C)n(C)c(=O)c1C(=O)N1CCC[C@H](CCc2c(F)cccc2F)C1. The standard InChI is InChI=1S/C22H26F2N2O2/c1-14-12-15(2)25(3)21(27)20(14)22(28)26-11-5-6-16(13-26)9-10-17-18(23)7-4-8-19(17)24/h4,7-8,12,16H,5-6,9-11,13H2,1-3H3/t16-/m1/s1. The maximum absolute atomic E-state index is 13.8. The van der Waals surface area contributed by atoms with Crippen LogP contribution in [0.2, 0.25) is 0 Å². The topological polar surface area (TPSA) is 42.3 Å². The maximum Gasteiger partial charge on any atom is 0.263 e. The number of aromatic nitrogens is 1. The van der Waals surface area contributed by atoms with Gasteiger partial charge in [-0.15, -0.1) is 0 Å². The minimum Gasteiger partial charge on any atom is -0.338 e. The average molecular weight is 388 g/mol. The van der Waals surface area contributed by atoms with Gasteiger partial charge < -0.3 is 9.47 Å². The van der Waals surface area contributed by atoms with Crippen LogP contribution in [-0.2, 0) is 13.5 Å². The van der Waals surface area contributed by atoms with Gasteiger partial charge in [0.1, 0.15) is 17.2 Å². The molecule has 28 heavy (non-hydrogen) atoms. The summed E-state index contributed by atoms with van der Waals surface area (Å²) in [7, 11) is 1.66. The van der Waals surface area contributed by atoms with Gasteiger partial charge in [0.2, 0.25) is 0 Å². The molecule has 0 spiro atoms. The lowest BCUT2D eigenvalue weighted by Crippen LogP contribution is -2.43. The lowest BCUT2D eigenvalue weighted by Gasteiger charge is -2.33. The van der Waals surface area contributed by atoms with E-state index in [9.17, 15) is 18.4 Å². The van der Waals surface area contributed by atoms with Crippen LogP contribution in [0.25, 0.3) is 0 Å². The summed E-state index contributed by atoms with van der Waals surface area (Å²) in [6, 6.07) is 5.74. The van der Waals surface area contributed by atoms with Gasteiger partial charge in [0.05, 0.1) is 0 Å². The summed E-state index contributed by atoms with van der Waals surface area (Å²) in [5, 5.41) is 0. The Morgan fingerprint density at radius 1 is 1.21 bits per heavy atom. The molecule has 1 amide bonds. The molecular weight excluding hydrogens is 362 g/mol. The Morgan fingerprint density at radius 2 is 1.89 bits per heavy atom. The molecule has 1 atom stereocenters. The van der Waals surface area contributed by atoms with Gasteiger partial charge in [-0.05, 0) is 69.2 Å². The van der Waals surface area contributed by atoms with Crippen LogP contribution in [0.3, 0.4) is 0 Å². The molecule has 1 fully saturated rings. The summed E-state index contributed by atoms with van der Waals surface area (Å²) in [6.07, 6.45) is 2.63. The molecule has 3 rings (SSSR count). The Bertz CT molecular complexity index is 932. The zero-order valence-electron chi connectivity index (χ0n) is 16.6. The van der Waals surface area contributed by atoms with E-state index < -0.39 is 11.6 Å². The number of carbonyl (C=O) groups is 1. The number of carbonyl (C=O) groups excluding carboxylic acids is 1. The van der Waals surface area contributed by atoms with Crippen LogP contribution in [0.4, 0.5) is 8.78 Å². The summed E-state index contributed by atoms with van der Waals surface area (Å²) in [4.78, 5) is 27.3. The number of pyridine rings is 1. The first-order valence-electron chi connectivity index (χ1n) is 9.69. The van der Waals surface area contributed by atoms with Crippen molar-refractivity contribution in [1.82, 2.24) is 9.47 Å². The van der Waals surface area contributed by atoms with Crippen LogP contribution < -0.4 is 5.56 Å². The van der Waals surface area contributed by atoms with Crippen LogP contribution >= 0.6 is 0 Å². The minimum absolute atomic E-state index is 0.106. The van der Waals surface area contributed by atoms with Gasteiger partial charge in [-0.25, -0.2) is 8.78 Å². The molecule has 2 aromatic rings. The van der Waals surface area contributed by atoms with Gasteiger partial charge in [-0.3, -0.25) is 9.59 Å². The van der Waals surface area contributed by atoms with Gasteiger partial charge in [0.15, 0.2) is 0 Å². The number of aryl methyl sites for hydroxylation is 2. The van der Waals surface area contributed by atoms with E-state index >= 15 is 0 Å². The van der Waals surface area contributed by atoms with Crippen LogP contribution in [0, 0.1) is 31.4 Å². The van der Waals surface area contributed by atoms with Crippen molar-refractivity contribution in [3.8, 4) is 0 Å². The molecule has 0 saturated carbocycles. The summed E-state index contributed by atoms with van der Waals surface area (Å²) < 4.78 is 29.2. The third kappa shape index (κ3) is 4.01. The largest absolute Gasteiger partial charge is 0.338 e. The Labute approximate surface area is 163 Å². The zero-order valence-corrected chi connectivity index (χ0v) is 16.6. The molecule has 0 N–H and O–H groups in total. The number of amides is 1. The second-order valence-electron chi connectivity index (χ2n) is 7.71. The molecule has 1 aliphatic rings. The second-order valence-corrected chi connectivity index (χ2v) is 7.71. The highest BCUT2D eigenvalue weighted by molar-refractivity contribution is 5.95. The summed E-state index contributed by atoms with van der Waals surface area (Å²) in [5.74, 6) is -1.14. The Morgan fingerprint density at radius 3 is 2.57 bits per heavy atom. The van der Waals surface area contributed by atoms with Crippen molar-refractivity contribution in [2.45, 2.75) is 39.5 Å². The van der Waals surface area contributed by atoms with E-state index in [1.54, 1.807) is 18.9 Å². The van der Waals surface area contributed by atoms with Crippen molar-refractivity contribution in [3.63, 3.8) is 0 Å². The number of nitrogens with zero attached hydrogens (tertiary/aromatic N) is 2. The van der Waals surface area contributed by atoms with Gasteiger partial charge in [0, 0.05) is 31.4 Å². The predicted octanol–water partition coefficient (Wildman–Crippen LogP) is 3.77. The van der Waals surface area contributed by atoms with Crippen LogP contribution in [0.15, 0.2) is 29.1 Å². The van der Waals surface area contributed by atoms with E-state index in [4.69, 9.17) is 0 Å². The molecule has 1 aromatic heterocycles. The van der Waals surface area contributed by atoms with Crippen molar-refractivity contribution in [1.29, 1.82) is 0 Å². The quantitative estimate of drug-likeness (QED) is 0.800. The summed E-state index contributed by atoms with van der Waals surface area (Å²) in [5.41, 5.74) is 1.53. The van der Waals surface area contributed by atoms with Crippen molar-refractivity contribution in [2.24, 2.45) is 13.0 Å². The number of piperidine rings is 1. The van der Waals surface area contributed by atoms with Crippen LogP contribution in [0.1, 0.15) is 46.4 Å². The Balaban J connectivity index is 1.73. The Hall–Kier alpha value is -2.50. The minimum atomic E-state index is -0.525. The number of halogens is 2. The molecule has 2 heterocycles. The molecule has 1 aromatic carbocycles. The van der Waals surface area contributed by atoms with Gasteiger partial charge >= 0.3 is 0 Å². The van der Waals surface area contributed by atoms with Crippen LogP contribution in [0.5, 0.6) is 0 Å². The van der Waals surface area contributed by atoms with E-state index in [0.29, 0.717) is 31.5 Å². The normalized spacial score (nSPS) is 17.0. The van der Waals surface area contributed by atoms with Crippen molar-refractivity contribution >= 4 is 5.91 Å². The molecule has 0 radical (unpaired) electrons. The number of hydrogen-bond acceptors (Lipinski definition) is 2. The number of benzene rings is 1. The first-order chi connectivity index (χ1) is 13.3.